The Labute approximate surface area is 149 Å². The zero-order valence-corrected chi connectivity index (χ0v) is 15.9. The molecule has 0 radical (unpaired) electrons. The van der Waals surface area contributed by atoms with Gasteiger partial charge in [-0.15, -0.1) is 5.10 Å². The van der Waals surface area contributed by atoms with Crippen LogP contribution in [0.1, 0.15) is 66.7 Å². The summed E-state index contributed by atoms with van der Waals surface area (Å²) < 4.78 is 0. The average Bonchev–Trinajstić information content (AvgIpc) is 3.01. The lowest BCUT2D eigenvalue weighted by atomic mass is 9.72. The molecule has 0 spiro atoms. The van der Waals surface area contributed by atoms with E-state index >= 15 is 0 Å². The van der Waals surface area contributed by atoms with Crippen molar-refractivity contribution in [1.29, 1.82) is 0 Å². The number of allylic oxidation sites excluding steroid dienone is 1. The maximum Gasteiger partial charge on any atom is 0.279 e. The Balaban J connectivity index is 1.88. The van der Waals surface area contributed by atoms with E-state index in [1.807, 2.05) is 0 Å². The molecule has 0 unspecified atom stereocenters. The first-order chi connectivity index (χ1) is 11.5. The molecule has 0 bridgehead atoms. The molecule has 0 aliphatic carbocycles. The molecule has 7 heteroatoms. The quantitative estimate of drug-likeness (QED) is 0.604. The van der Waals surface area contributed by atoms with Crippen LogP contribution in [0.5, 0.6) is 0 Å². The lowest BCUT2D eigenvalue weighted by Gasteiger charge is -2.33. The van der Waals surface area contributed by atoms with Gasteiger partial charge < -0.3 is 0 Å². The molecule has 1 aromatic heterocycles. The van der Waals surface area contributed by atoms with E-state index in [4.69, 9.17) is 0 Å². The highest BCUT2D eigenvalue weighted by molar-refractivity contribution is 6.19. The number of carbonyl (C=O) groups is 2. The Hall–Kier alpha value is -2.05. The van der Waals surface area contributed by atoms with Crippen LogP contribution < -0.4 is 4.90 Å². The lowest BCUT2D eigenvalue weighted by molar-refractivity contribution is -0.122. The fraction of sp³-hybridized carbons (Fsp3) is 0.722. The Morgan fingerprint density at radius 3 is 2.52 bits per heavy atom. The summed E-state index contributed by atoms with van der Waals surface area (Å²) in [5, 5.41) is 13.1. The number of tetrazole rings is 1. The molecule has 1 saturated heterocycles. The van der Waals surface area contributed by atoms with E-state index in [-0.39, 0.29) is 40.9 Å². The molecule has 2 rings (SSSR count). The predicted octanol–water partition coefficient (Wildman–Crippen LogP) is 3.27. The molecular weight excluding hydrogens is 318 g/mol. The summed E-state index contributed by atoms with van der Waals surface area (Å²) in [7, 11) is 0. The maximum absolute atomic E-state index is 12.5. The van der Waals surface area contributed by atoms with Crippen LogP contribution in [-0.4, -0.2) is 32.4 Å². The number of anilines is 1. The van der Waals surface area contributed by atoms with Gasteiger partial charge in [-0.1, -0.05) is 51.9 Å². The van der Waals surface area contributed by atoms with Gasteiger partial charge in [-0.25, -0.2) is 4.90 Å². The van der Waals surface area contributed by atoms with E-state index in [2.05, 4.69) is 61.8 Å². The van der Waals surface area contributed by atoms with Crippen molar-refractivity contribution in [2.24, 2.45) is 16.7 Å². The van der Waals surface area contributed by atoms with Crippen molar-refractivity contribution in [2.75, 3.05) is 4.90 Å². The highest BCUT2D eigenvalue weighted by Gasteiger charge is 2.41. The van der Waals surface area contributed by atoms with Crippen molar-refractivity contribution >= 4 is 17.8 Å². The second-order valence-electron chi connectivity index (χ2n) is 9.05. The number of nitrogens with zero attached hydrogens (tertiary/aromatic N) is 4. The molecule has 7 nitrogen and oxygen atoms in total. The summed E-state index contributed by atoms with van der Waals surface area (Å²) >= 11 is 0. The first-order valence-corrected chi connectivity index (χ1v) is 8.75. The largest absolute Gasteiger partial charge is 0.279 e. The minimum absolute atomic E-state index is 0.0302. The monoisotopic (exact) mass is 347 g/mol. The van der Waals surface area contributed by atoms with Crippen LogP contribution >= 0.6 is 0 Å². The van der Waals surface area contributed by atoms with Gasteiger partial charge >= 0.3 is 0 Å². The normalized spacial score (nSPS) is 18.9. The molecule has 1 aliphatic rings. The molecule has 1 aromatic rings. The molecule has 1 N–H and O–H groups in total. The van der Waals surface area contributed by atoms with Gasteiger partial charge in [0.2, 0.25) is 11.8 Å². The van der Waals surface area contributed by atoms with Crippen LogP contribution in [0.3, 0.4) is 0 Å². The summed E-state index contributed by atoms with van der Waals surface area (Å²) in [5.74, 6) is -0.806. The number of aromatic nitrogens is 4. The van der Waals surface area contributed by atoms with E-state index in [1.54, 1.807) is 0 Å². The van der Waals surface area contributed by atoms with Crippen molar-refractivity contribution in [3.8, 4) is 0 Å². The summed E-state index contributed by atoms with van der Waals surface area (Å²) in [4.78, 5) is 25.6. The summed E-state index contributed by atoms with van der Waals surface area (Å²) in [6.45, 7) is 15.4. The maximum atomic E-state index is 12.5. The predicted molar refractivity (Wildman–Crippen MR) is 95.6 cm³/mol. The van der Waals surface area contributed by atoms with Crippen molar-refractivity contribution in [2.45, 2.75) is 66.7 Å². The van der Waals surface area contributed by atoms with E-state index in [9.17, 15) is 9.59 Å². The van der Waals surface area contributed by atoms with Crippen LogP contribution in [0.2, 0.25) is 0 Å². The molecule has 0 aromatic carbocycles. The second-order valence-corrected chi connectivity index (χ2v) is 9.05. The number of carbonyl (C=O) groups excluding carboxylic acids is 2. The molecule has 138 valence electrons. The molecular formula is C18H29N5O2. The third-order valence-corrected chi connectivity index (χ3v) is 4.36. The molecule has 25 heavy (non-hydrogen) atoms. The van der Waals surface area contributed by atoms with Gasteiger partial charge in [0.05, 0.1) is 0 Å². The third kappa shape index (κ3) is 5.21. The third-order valence-electron chi connectivity index (χ3n) is 4.36. The number of hydrogen-bond acceptors (Lipinski definition) is 5. The first kappa shape index (κ1) is 19.3. The topological polar surface area (TPSA) is 91.8 Å². The van der Waals surface area contributed by atoms with Crippen LogP contribution in [0.15, 0.2) is 12.2 Å². The Morgan fingerprint density at radius 1 is 1.28 bits per heavy atom. The number of amides is 2. The molecule has 1 atom stereocenters. The Morgan fingerprint density at radius 2 is 1.96 bits per heavy atom. The van der Waals surface area contributed by atoms with Crippen LogP contribution in [-0.2, 0) is 9.59 Å². The van der Waals surface area contributed by atoms with Crippen LogP contribution in [0.25, 0.3) is 0 Å². The smallest absolute Gasteiger partial charge is 0.274 e. The van der Waals surface area contributed by atoms with E-state index in [1.165, 1.54) is 0 Å². The van der Waals surface area contributed by atoms with Crippen molar-refractivity contribution in [1.82, 2.24) is 20.6 Å². The number of rotatable bonds is 7. The van der Waals surface area contributed by atoms with Crippen LogP contribution in [0.4, 0.5) is 5.95 Å². The zero-order valence-electron chi connectivity index (χ0n) is 15.9. The van der Waals surface area contributed by atoms with Gasteiger partial charge in [-0.2, -0.15) is 5.21 Å². The van der Waals surface area contributed by atoms with E-state index in [0.717, 1.165) is 29.7 Å². The van der Waals surface area contributed by atoms with Gasteiger partial charge in [-0.05, 0) is 41.7 Å². The molecule has 2 heterocycles. The van der Waals surface area contributed by atoms with Crippen molar-refractivity contribution in [3.05, 3.63) is 12.2 Å². The number of H-pyrrole nitrogens is 1. The number of imide groups is 1. The zero-order chi connectivity index (χ0) is 18.8. The van der Waals surface area contributed by atoms with E-state index in [0.29, 0.717) is 6.42 Å². The lowest BCUT2D eigenvalue weighted by Crippen LogP contribution is -2.31. The van der Waals surface area contributed by atoms with Gasteiger partial charge in [0, 0.05) is 12.3 Å². The first-order valence-electron chi connectivity index (χ1n) is 8.75. The summed E-state index contributed by atoms with van der Waals surface area (Å²) in [5.41, 5.74) is 1.57. The average molecular weight is 347 g/mol. The van der Waals surface area contributed by atoms with Crippen molar-refractivity contribution < 1.29 is 9.59 Å². The van der Waals surface area contributed by atoms with Gasteiger partial charge in [0.15, 0.2) is 0 Å². The van der Waals surface area contributed by atoms with Crippen LogP contribution in [0, 0.1) is 16.7 Å². The van der Waals surface area contributed by atoms with Gasteiger partial charge in [-0.3, -0.25) is 9.59 Å². The van der Waals surface area contributed by atoms with Gasteiger partial charge in [0.25, 0.3) is 5.95 Å². The van der Waals surface area contributed by atoms with E-state index < -0.39 is 0 Å². The number of nitrogens with one attached hydrogen (secondary N) is 1. The summed E-state index contributed by atoms with van der Waals surface area (Å²) in [6, 6.07) is 0. The highest BCUT2D eigenvalue weighted by atomic mass is 16.2. The Bertz CT molecular complexity index is 643. The fourth-order valence-electron chi connectivity index (χ4n) is 4.02. The standard InChI is InChI=1S/C18H29N5O2/c1-12(10-18(5,6)11-17(2,3)4)7-8-13-9-14(24)23(15(13)25)16-19-21-22-20-16/h13H,1,7-11H2,2-6H3,(H,19,20,21,22)/t13-/m0/s1. The minimum atomic E-state index is -0.325. The summed E-state index contributed by atoms with van der Waals surface area (Å²) in [6.07, 6.45) is 3.60. The number of hydrogen-bond donors (Lipinski definition) is 1. The molecule has 0 saturated carbocycles. The molecule has 2 amide bonds. The fourth-order valence-corrected chi connectivity index (χ4v) is 4.02. The van der Waals surface area contributed by atoms with Crippen molar-refractivity contribution in [3.63, 3.8) is 0 Å². The SMILES string of the molecule is C=C(CC[C@H]1CC(=O)N(c2nn[nH]n2)C1=O)CC(C)(C)CC(C)(C)C. The highest BCUT2D eigenvalue weighted by Crippen LogP contribution is 2.39. The van der Waals surface area contributed by atoms with Gasteiger partial charge in [0.1, 0.15) is 0 Å². The number of aromatic amines is 1. The Kier molecular flexibility index (Phi) is 5.44. The second kappa shape index (κ2) is 7.06. The molecule has 1 aliphatic heterocycles. The molecule has 1 fully saturated rings. The minimum Gasteiger partial charge on any atom is -0.274 e.